The molecular weight excluding hydrogens is 256 g/mol. The van der Waals surface area contributed by atoms with Crippen LogP contribution in [0.1, 0.15) is 29.6 Å². The van der Waals surface area contributed by atoms with Gasteiger partial charge in [0.2, 0.25) is 0 Å². The maximum Gasteiger partial charge on any atom is 0.335 e. The van der Waals surface area contributed by atoms with Crippen LogP contribution < -0.4 is 5.32 Å². The summed E-state index contributed by atoms with van der Waals surface area (Å²) in [6, 6.07) is 2.80. The molecule has 0 aliphatic rings. The fraction of sp³-hybridized carbons (Fsp3) is 0.500. The van der Waals surface area contributed by atoms with Gasteiger partial charge in [0.15, 0.2) is 0 Å². The Balaban J connectivity index is 2.40. The Bertz CT molecular complexity index is 399. The minimum absolute atomic E-state index is 0.136. The van der Waals surface area contributed by atoms with Crippen LogP contribution in [-0.2, 0) is 4.74 Å². The molecule has 1 aromatic rings. The van der Waals surface area contributed by atoms with Gasteiger partial charge in [0, 0.05) is 20.3 Å². The summed E-state index contributed by atoms with van der Waals surface area (Å²) < 4.78 is 4.95. The molecule has 0 atom stereocenters. The Morgan fingerprint density at radius 3 is 2.89 bits per heavy atom. The molecule has 0 spiro atoms. The highest BCUT2D eigenvalue weighted by molar-refractivity contribution is 6.29. The van der Waals surface area contributed by atoms with Crippen molar-refractivity contribution in [3.63, 3.8) is 0 Å². The van der Waals surface area contributed by atoms with Gasteiger partial charge in [-0.05, 0) is 31.4 Å². The molecule has 0 unspecified atom stereocenters. The van der Waals surface area contributed by atoms with Crippen LogP contribution in [0.5, 0.6) is 0 Å². The second-order valence-electron chi connectivity index (χ2n) is 3.85. The predicted octanol–water partition coefficient (Wildman–Crippen LogP) is 2.66. The average molecular weight is 273 g/mol. The molecule has 2 N–H and O–H groups in total. The lowest BCUT2D eigenvalue weighted by atomic mass is 10.2. The number of anilines is 1. The van der Waals surface area contributed by atoms with Crippen molar-refractivity contribution >= 4 is 23.4 Å². The molecule has 0 bridgehead atoms. The molecule has 1 rings (SSSR count). The van der Waals surface area contributed by atoms with Crippen LogP contribution >= 0.6 is 11.6 Å². The number of aromatic nitrogens is 1. The molecule has 0 fully saturated rings. The standard InChI is InChI=1S/C12H17ClN2O3/c1-18-6-4-2-3-5-14-11-8-9(12(16)17)7-10(13)15-11/h7-8H,2-6H2,1H3,(H,14,15)(H,16,17). The highest BCUT2D eigenvalue weighted by Gasteiger charge is 2.06. The van der Waals surface area contributed by atoms with Crippen LogP contribution in [0.3, 0.4) is 0 Å². The maximum absolute atomic E-state index is 10.8. The van der Waals surface area contributed by atoms with Crippen molar-refractivity contribution in [3.05, 3.63) is 22.8 Å². The third-order valence-corrected chi connectivity index (χ3v) is 2.57. The lowest BCUT2D eigenvalue weighted by Crippen LogP contribution is -2.06. The van der Waals surface area contributed by atoms with E-state index in [1.54, 1.807) is 7.11 Å². The number of hydrogen-bond acceptors (Lipinski definition) is 4. The van der Waals surface area contributed by atoms with E-state index in [-0.39, 0.29) is 10.7 Å². The van der Waals surface area contributed by atoms with Crippen LogP contribution in [0.25, 0.3) is 0 Å². The van der Waals surface area contributed by atoms with Crippen molar-refractivity contribution in [2.75, 3.05) is 25.6 Å². The minimum Gasteiger partial charge on any atom is -0.478 e. The third kappa shape index (κ3) is 5.33. The summed E-state index contributed by atoms with van der Waals surface area (Å²) in [6.07, 6.45) is 3.04. The zero-order valence-corrected chi connectivity index (χ0v) is 11.0. The van der Waals surface area contributed by atoms with Gasteiger partial charge < -0.3 is 15.2 Å². The monoisotopic (exact) mass is 272 g/mol. The summed E-state index contributed by atoms with van der Waals surface area (Å²) in [7, 11) is 1.68. The summed E-state index contributed by atoms with van der Waals surface area (Å²) in [6.45, 7) is 1.49. The van der Waals surface area contributed by atoms with Crippen molar-refractivity contribution in [1.82, 2.24) is 4.98 Å². The van der Waals surface area contributed by atoms with Gasteiger partial charge >= 0.3 is 5.97 Å². The number of nitrogens with zero attached hydrogens (tertiary/aromatic N) is 1. The lowest BCUT2D eigenvalue weighted by molar-refractivity contribution is 0.0697. The van der Waals surface area contributed by atoms with Crippen molar-refractivity contribution < 1.29 is 14.6 Å². The number of rotatable bonds is 8. The van der Waals surface area contributed by atoms with Gasteiger partial charge in [-0.1, -0.05) is 11.6 Å². The van der Waals surface area contributed by atoms with Crippen LogP contribution in [-0.4, -0.2) is 36.3 Å². The Morgan fingerprint density at radius 2 is 2.22 bits per heavy atom. The van der Waals surface area contributed by atoms with Crippen LogP contribution in [0.15, 0.2) is 12.1 Å². The quantitative estimate of drug-likeness (QED) is 0.562. The number of nitrogens with one attached hydrogen (secondary N) is 1. The molecule has 100 valence electrons. The van der Waals surface area contributed by atoms with Crippen molar-refractivity contribution in [3.8, 4) is 0 Å². The normalized spacial score (nSPS) is 10.3. The fourth-order valence-electron chi connectivity index (χ4n) is 1.48. The Hall–Kier alpha value is -1.33. The van der Waals surface area contributed by atoms with Crippen LogP contribution in [0, 0.1) is 0 Å². The first-order valence-corrected chi connectivity index (χ1v) is 6.15. The van der Waals surface area contributed by atoms with E-state index in [1.165, 1.54) is 12.1 Å². The number of carboxylic acids is 1. The summed E-state index contributed by atoms with van der Waals surface area (Å²) in [4.78, 5) is 14.8. The highest BCUT2D eigenvalue weighted by atomic mass is 35.5. The van der Waals surface area contributed by atoms with E-state index in [4.69, 9.17) is 21.4 Å². The van der Waals surface area contributed by atoms with E-state index in [0.717, 1.165) is 32.4 Å². The van der Waals surface area contributed by atoms with Gasteiger partial charge in [-0.15, -0.1) is 0 Å². The molecule has 0 aliphatic heterocycles. The number of pyridine rings is 1. The fourth-order valence-corrected chi connectivity index (χ4v) is 1.68. The number of hydrogen-bond donors (Lipinski definition) is 2. The lowest BCUT2D eigenvalue weighted by Gasteiger charge is -2.06. The summed E-state index contributed by atoms with van der Waals surface area (Å²) >= 11 is 5.74. The number of carboxylic acid groups (broad SMARTS) is 1. The number of carbonyl (C=O) groups is 1. The molecule has 6 heteroatoms. The smallest absolute Gasteiger partial charge is 0.335 e. The molecule has 0 aliphatic carbocycles. The first kappa shape index (κ1) is 14.7. The Morgan fingerprint density at radius 1 is 1.44 bits per heavy atom. The molecule has 0 saturated heterocycles. The van der Waals surface area contributed by atoms with Gasteiger partial charge in [-0.2, -0.15) is 0 Å². The van der Waals surface area contributed by atoms with E-state index in [1.807, 2.05) is 0 Å². The number of unbranched alkanes of at least 4 members (excludes halogenated alkanes) is 2. The summed E-state index contributed by atoms with van der Waals surface area (Å²) in [5.74, 6) is -0.519. The Kier molecular flexibility index (Phi) is 6.46. The SMILES string of the molecule is COCCCCCNc1cc(C(=O)O)cc(Cl)n1. The first-order valence-electron chi connectivity index (χ1n) is 5.77. The number of aromatic carboxylic acids is 1. The van der Waals surface area contributed by atoms with Gasteiger partial charge in [-0.25, -0.2) is 9.78 Å². The van der Waals surface area contributed by atoms with Crippen LogP contribution in [0.2, 0.25) is 5.15 Å². The second-order valence-corrected chi connectivity index (χ2v) is 4.24. The van der Waals surface area contributed by atoms with Gasteiger partial charge in [0.1, 0.15) is 11.0 Å². The minimum atomic E-state index is -1.01. The third-order valence-electron chi connectivity index (χ3n) is 2.37. The Labute approximate surface area is 111 Å². The van der Waals surface area contributed by atoms with Gasteiger partial charge in [-0.3, -0.25) is 0 Å². The van der Waals surface area contributed by atoms with E-state index in [2.05, 4.69) is 10.3 Å². The van der Waals surface area contributed by atoms with Crippen molar-refractivity contribution in [2.24, 2.45) is 0 Å². The molecule has 18 heavy (non-hydrogen) atoms. The average Bonchev–Trinajstić information content (AvgIpc) is 2.33. The molecule has 0 radical (unpaired) electrons. The molecule has 1 heterocycles. The highest BCUT2D eigenvalue weighted by Crippen LogP contribution is 2.14. The largest absolute Gasteiger partial charge is 0.478 e. The number of ether oxygens (including phenoxy) is 1. The summed E-state index contributed by atoms with van der Waals surface area (Å²) in [5, 5.41) is 12.1. The van der Waals surface area contributed by atoms with E-state index in [0.29, 0.717) is 5.82 Å². The zero-order chi connectivity index (χ0) is 13.4. The van der Waals surface area contributed by atoms with Crippen molar-refractivity contribution in [1.29, 1.82) is 0 Å². The van der Waals surface area contributed by atoms with Gasteiger partial charge in [0.05, 0.1) is 5.56 Å². The molecule has 5 nitrogen and oxygen atoms in total. The maximum atomic E-state index is 10.8. The topological polar surface area (TPSA) is 71.5 Å². The van der Waals surface area contributed by atoms with Gasteiger partial charge in [0.25, 0.3) is 0 Å². The molecular formula is C12H17ClN2O3. The molecule has 1 aromatic heterocycles. The van der Waals surface area contributed by atoms with E-state index in [9.17, 15) is 4.79 Å². The van der Waals surface area contributed by atoms with E-state index < -0.39 is 5.97 Å². The predicted molar refractivity (Wildman–Crippen MR) is 70.4 cm³/mol. The second kappa shape index (κ2) is 7.89. The number of methoxy groups -OCH3 is 1. The van der Waals surface area contributed by atoms with Crippen LogP contribution in [0.4, 0.5) is 5.82 Å². The molecule has 0 aromatic carbocycles. The van der Waals surface area contributed by atoms with Crippen molar-refractivity contribution in [2.45, 2.75) is 19.3 Å². The molecule has 0 amide bonds. The molecule has 0 saturated carbocycles. The number of halogens is 1. The van der Waals surface area contributed by atoms with E-state index >= 15 is 0 Å². The zero-order valence-electron chi connectivity index (χ0n) is 10.3. The first-order chi connectivity index (χ1) is 8.63. The summed E-state index contributed by atoms with van der Waals surface area (Å²) in [5.41, 5.74) is 0.136.